The number of carbonyl (C=O) groups excluding carboxylic acids is 5. The van der Waals surface area contributed by atoms with E-state index < -0.39 is 23.8 Å². The second-order valence-corrected chi connectivity index (χ2v) is 9.62. The third-order valence-corrected chi connectivity index (χ3v) is 7.05. The maximum Gasteiger partial charge on any atom is 0.333 e. The summed E-state index contributed by atoms with van der Waals surface area (Å²) in [4.78, 5) is 77.4. The lowest BCUT2D eigenvalue weighted by atomic mass is 9.92. The van der Waals surface area contributed by atoms with Crippen LogP contribution in [0, 0.1) is 17.2 Å². The Labute approximate surface area is 224 Å². The maximum absolute atomic E-state index is 12.8. The number of nitrogens with one attached hydrogen (secondary N) is 1. The van der Waals surface area contributed by atoms with Gasteiger partial charge in [-0.2, -0.15) is 5.26 Å². The Morgan fingerprint density at radius 2 is 1.97 bits per heavy atom. The molecule has 0 bridgehead atoms. The second-order valence-electron chi connectivity index (χ2n) is 9.62. The van der Waals surface area contributed by atoms with Gasteiger partial charge in [-0.25, -0.2) is 19.6 Å². The van der Waals surface area contributed by atoms with Gasteiger partial charge in [0.05, 0.1) is 17.5 Å². The number of nitrogens with zero attached hydrogens (tertiary/aromatic N) is 7. The van der Waals surface area contributed by atoms with Crippen LogP contribution < -0.4 is 10.2 Å². The van der Waals surface area contributed by atoms with Crippen molar-refractivity contribution in [2.75, 3.05) is 31.6 Å². The minimum Gasteiger partial charge on any atom is -0.354 e. The molecule has 2 aromatic rings. The molecule has 0 radical (unpaired) electrons. The second kappa shape index (κ2) is 11.9. The molecule has 0 aliphatic carbocycles. The summed E-state index contributed by atoms with van der Waals surface area (Å²) in [6.07, 6.45) is 3.79. The topological polar surface area (TPSA) is 171 Å². The Kier molecular flexibility index (Phi) is 8.38. The first-order chi connectivity index (χ1) is 18.7. The lowest BCUT2D eigenvalue weighted by Gasteiger charge is -2.42. The molecule has 2 saturated heterocycles. The molecule has 2 atom stereocenters. The maximum atomic E-state index is 12.8. The zero-order valence-corrected chi connectivity index (χ0v) is 21.8. The van der Waals surface area contributed by atoms with E-state index in [1.165, 1.54) is 10.9 Å². The van der Waals surface area contributed by atoms with E-state index in [1.54, 1.807) is 17.2 Å². The molecule has 2 aliphatic rings. The van der Waals surface area contributed by atoms with Crippen molar-refractivity contribution in [3.05, 3.63) is 18.6 Å². The highest BCUT2D eigenvalue weighted by atomic mass is 16.7. The first kappa shape index (κ1) is 27.5. The highest BCUT2D eigenvalue weighted by molar-refractivity contribution is 6.01. The molecule has 4 rings (SSSR count). The van der Waals surface area contributed by atoms with Crippen molar-refractivity contribution in [3.63, 3.8) is 0 Å². The smallest absolute Gasteiger partial charge is 0.333 e. The molecular formula is C25H30N8O6. The number of amides is 4. The van der Waals surface area contributed by atoms with Gasteiger partial charge < -0.3 is 20.0 Å². The van der Waals surface area contributed by atoms with Gasteiger partial charge in [-0.05, 0) is 24.8 Å². The molecule has 39 heavy (non-hydrogen) atoms. The number of anilines is 1. The Morgan fingerprint density at radius 1 is 1.23 bits per heavy atom. The minimum atomic E-state index is -0.732. The highest BCUT2D eigenvalue weighted by Gasteiger charge is 2.34. The van der Waals surface area contributed by atoms with E-state index >= 15 is 0 Å². The Hall–Kier alpha value is -4.54. The SMILES string of the molecule is C[C@@H]1CCN(C(=O)CC#N)C[C@@H]1N(C)c1ncnc2c1ccn2C(=O)NCCCC(=O)ON1C(=O)CCC1=O. The molecule has 2 aliphatic heterocycles. The van der Waals surface area contributed by atoms with Crippen LogP contribution in [0.2, 0.25) is 0 Å². The predicted molar refractivity (Wildman–Crippen MR) is 136 cm³/mol. The van der Waals surface area contributed by atoms with Crippen LogP contribution in [-0.2, 0) is 24.0 Å². The fourth-order valence-corrected chi connectivity index (χ4v) is 4.82. The Balaban J connectivity index is 1.36. The van der Waals surface area contributed by atoms with E-state index in [9.17, 15) is 24.0 Å². The molecule has 0 spiro atoms. The quantitative estimate of drug-likeness (QED) is 0.377. The summed E-state index contributed by atoms with van der Waals surface area (Å²) >= 11 is 0. The van der Waals surface area contributed by atoms with Gasteiger partial charge in [0, 0.05) is 52.1 Å². The third kappa shape index (κ3) is 5.97. The zero-order chi connectivity index (χ0) is 28.1. The first-order valence-electron chi connectivity index (χ1n) is 12.8. The molecule has 4 heterocycles. The lowest BCUT2D eigenvalue weighted by Crippen LogP contribution is -2.52. The molecule has 0 saturated carbocycles. The number of fused-ring (bicyclic) bond motifs is 1. The molecule has 0 unspecified atom stereocenters. The summed E-state index contributed by atoms with van der Waals surface area (Å²) < 4.78 is 1.35. The van der Waals surface area contributed by atoms with E-state index in [4.69, 9.17) is 10.1 Å². The van der Waals surface area contributed by atoms with Crippen molar-refractivity contribution >= 4 is 46.6 Å². The molecule has 14 heteroatoms. The van der Waals surface area contributed by atoms with Gasteiger partial charge in [0.25, 0.3) is 11.8 Å². The number of hydrogen-bond acceptors (Lipinski definition) is 10. The van der Waals surface area contributed by atoms with Crippen LogP contribution in [0.5, 0.6) is 0 Å². The van der Waals surface area contributed by atoms with Crippen molar-refractivity contribution in [3.8, 4) is 6.07 Å². The number of likely N-dealkylation sites (tertiary alicyclic amines) is 1. The average Bonchev–Trinajstić information content (AvgIpc) is 3.50. The van der Waals surface area contributed by atoms with E-state index in [0.717, 1.165) is 6.42 Å². The molecular weight excluding hydrogens is 508 g/mol. The number of likely N-dealkylation sites (N-methyl/N-ethyl adjacent to an activating group) is 1. The number of piperidine rings is 1. The fraction of sp³-hybridized carbons (Fsp3) is 0.520. The van der Waals surface area contributed by atoms with Crippen LogP contribution in [0.1, 0.15) is 45.4 Å². The molecule has 14 nitrogen and oxygen atoms in total. The van der Waals surface area contributed by atoms with E-state index in [1.807, 2.05) is 18.0 Å². The van der Waals surface area contributed by atoms with Gasteiger partial charge in [0.2, 0.25) is 5.91 Å². The summed E-state index contributed by atoms with van der Waals surface area (Å²) in [5.41, 5.74) is 0.399. The fourth-order valence-electron chi connectivity index (χ4n) is 4.82. The molecule has 2 aromatic heterocycles. The van der Waals surface area contributed by atoms with E-state index in [0.29, 0.717) is 35.0 Å². The number of imide groups is 1. The summed E-state index contributed by atoms with van der Waals surface area (Å²) in [7, 11) is 1.89. The summed E-state index contributed by atoms with van der Waals surface area (Å²) in [6.45, 7) is 3.34. The molecule has 0 aromatic carbocycles. The van der Waals surface area contributed by atoms with Crippen molar-refractivity contribution in [2.24, 2.45) is 5.92 Å². The Morgan fingerprint density at radius 3 is 2.69 bits per heavy atom. The third-order valence-electron chi connectivity index (χ3n) is 7.05. The van der Waals surface area contributed by atoms with Crippen molar-refractivity contribution in [2.45, 2.75) is 51.5 Å². The highest BCUT2D eigenvalue weighted by Crippen LogP contribution is 2.29. The number of carbonyl (C=O) groups is 5. The number of aromatic nitrogens is 3. The van der Waals surface area contributed by atoms with Crippen molar-refractivity contribution in [1.82, 2.24) is 29.8 Å². The minimum absolute atomic E-state index is 0.0220. The Bertz CT molecular complexity index is 1320. The van der Waals surface area contributed by atoms with Crippen LogP contribution in [-0.4, -0.2) is 86.9 Å². The van der Waals surface area contributed by atoms with E-state index in [-0.39, 0.29) is 56.5 Å². The van der Waals surface area contributed by atoms with Gasteiger partial charge in [-0.1, -0.05) is 6.92 Å². The van der Waals surface area contributed by atoms with Gasteiger partial charge >= 0.3 is 12.0 Å². The van der Waals surface area contributed by atoms with E-state index in [2.05, 4.69) is 22.2 Å². The predicted octanol–water partition coefficient (Wildman–Crippen LogP) is 0.963. The number of hydroxylamine groups is 2. The normalized spacial score (nSPS) is 19.2. The van der Waals surface area contributed by atoms with Crippen LogP contribution in [0.3, 0.4) is 0 Å². The average molecular weight is 539 g/mol. The van der Waals surface area contributed by atoms with Crippen LogP contribution in [0.4, 0.5) is 10.6 Å². The largest absolute Gasteiger partial charge is 0.354 e. The summed E-state index contributed by atoms with van der Waals surface area (Å²) in [6, 6.07) is 3.17. The van der Waals surface area contributed by atoms with Crippen LogP contribution >= 0.6 is 0 Å². The molecule has 1 N–H and O–H groups in total. The zero-order valence-electron chi connectivity index (χ0n) is 21.8. The van der Waals surface area contributed by atoms with Crippen molar-refractivity contribution < 1.29 is 28.8 Å². The van der Waals surface area contributed by atoms with Gasteiger partial charge in [-0.15, -0.1) is 5.06 Å². The van der Waals surface area contributed by atoms with Gasteiger partial charge in [0.15, 0.2) is 5.65 Å². The summed E-state index contributed by atoms with van der Waals surface area (Å²) in [5, 5.41) is 12.8. The van der Waals surface area contributed by atoms with Crippen LogP contribution in [0.25, 0.3) is 11.0 Å². The van der Waals surface area contributed by atoms with Gasteiger partial charge in [-0.3, -0.25) is 19.0 Å². The number of nitriles is 1. The number of rotatable bonds is 8. The summed E-state index contributed by atoms with van der Waals surface area (Å²) in [5.74, 6) is -1.13. The number of hydrogen-bond donors (Lipinski definition) is 1. The molecule has 206 valence electrons. The lowest BCUT2D eigenvalue weighted by molar-refractivity contribution is -0.197. The van der Waals surface area contributed by atoms with Crippen molar-refractivity contribution in [1.29, 1.82) is 5.26 Å². The molecule has 4 amide bonds. The first-order valence-corrected chi connectivity index (χ1v) is 12.8. The van der Waals surface area contributed by atoms with Crippen LogP contribution in [0.15, 0.2) is 18.6 Å². The van der Waals surface area contributed by atoms with Gasteiger partial charge in [0.1, 0.15) is 18.6 Å². The molecule has 2 fully saturated rings. The monoisotopic (exact) mass is 538 g/mol. The standard InChI is InChI=1S/C25H30N8O6/c1-16-8-12-31(19(34)7-10-26)14-18(16)30(2)23-17-9-13-32(24(17)29-15-28-23)25(38)27-11-3-4-22(37)39-33-20(35)5-6-21(33)36/h9,13,15-16,18H,3-8,11-12,14H2,1-2H3,(H,27,38)/t16-,18+/m1/s1.